The first-order chi connectivity index (χ1) is 10.5. The summed E-state index contributed by atoms with van der Waals surface area (Å²) in [5.74, 6) is 1.62. The average Bonchev–Trinajstić information content (AvgIpc) is 3.02. The smallest absolute Gasteiger partial charge is 0.213 e. The van der Waals surface area contributed by atoms with Gasteiger partial charge in [-0.05, 0) is 32.4 Å². The van der Waals surface area contributed by atoms with E-state index in [1.165, 1.54) is 4.31 Å². The second-order valence-corrected chi connectivity index (χ2v) is 7.14. The molecular weight excluding hydrogens is 304 g/mol. The van der Waals surface area contributed by atoms with Crippen molar-refractivity contribution in [3.8, 4) is 0 Å². The van der Waals surface area contributed by atoms with Crippen LogP contribution in [-0.2, 0) is 16.6 Å². The van der Waals surface area contributed by atoms with Crippen LogP contribution in [-0.4, -0.2) is 51.1 Å². The van der Waals surface area contributed by atoms with Crippen molar-refractivity contribution in [2.24, 2.45) is 4.99 Å². The summed E-state index contributed by atoms with van der Waals surface area (Å²) < 4.78 is 29.9. The molecule has 0 saturated carbocycles. The topological polar surface area (TPSA) is 86.9 Å². The fourth-order valence-corrected chi connectivity index (χ4v) is 2.62. The molecule has 0 aliphatic carbocycles. The van der Waals surface area contributed by atoms with E-state index >= 15 is 0 Å². The highest BCUT2D eigenvalue weighted by Crippen LogP contribution is 2.01. The Balaban J connectivity index is 2.37. The monoisotopic (exact) mass is 330 g/mol. The Labute approximate surface area is 132 Å². The molecule has 0 bridgehead atoms. The van der Waals surface area contributed by atoms with Gasteiger partial charge in [-0.3, -0.25) is 0 Å². The minimum atomic E-state index is -3.10. The standard InChI is InChI=1S/C14H26N4O3S/c1-4-15-14(17-12-13-8-6-11-21-13)16-9-7-10-18(3)22(19,20)5-2/h6,8,11H,4-5,7,9-10,12H2,1-3H3,(H2,15,16,17). The number of nitrogens with zero attached hydrogens (tertiary/aromatic N) is 2. The predicted octanol–water partition coefficient (Wildman–Crippen LogP) is 1.01. The lowest BCUT2D eigenvalue weighted by molar-refractivity contribution is 0.461. The average molecular weight is 330 g/mol. The molecule has 1 aromatic heterocycles. The van der Waals surface area contributed by atoms with E-state index in [0.717, 1.165) is 12.3 Å². The molecule has 0 aliphatic rings. The lowest BCUT2D eigenvalue weighted by atomic mass is 10.4. The Hall–Kier alpha value is -1.54. The van der Waals surface area contributed by atoms with Gasteiger partial charge in [0.05, 0.1) is 12.0 Å². The van der Waals surface area contributed by atoms with Crippen molar-refractivity contribution in [2.45, 2.75) is 26.8 Å². The third kappa shape index (κ3) is 6.48. The van der Waals surface area contributed by atoms with Crippen LogP contribution in [0.15, 0.2) is 27.8 Å². The number of hydrogen-bond acceptors (Lipinski definition) is 4. The number of sulfonamides is 1. The zero-order chi connectivity index (χ0) is 16.4. The highest BCUT2D eigenvalue weighted by molar-refractivity contribution is 7.89. The molecule has 0 unspecified atom stereocenters. The Bertz CT molecular complexity index is 540. The number of nitrogens with one attached hydrogen (secondary N) is 2. The van der Waals surface area contributed by atoms with Gasteiger partial charge in [0.2, 0.25) is 10.0 Å². The number of hydrogen-bond donors (Lipinski definition) is 2. The van der Waals surface area contributed by atoms with Crippen LogP contribution in [0.25, 0.3) is 0 Å². The van der Waals surface area contributed by atoms with Crippen LogP contribution in [0, 0.1) is 0 Å². The lowest BCUT2D eigenvalue weighted by Crippen LogP contribution is -2.39. The van der Waals surface area contributed by atoms with E-state index < -0.39 is 10.0 Å². The van der Waals surface area contributed by atoms with Gasteiger partial charge >= 0.3 is 0 Å². The molecule has 0 amide bonds. The molecule has 1 aromatic rings. The summed E-state index contributed by atoms with van der Waals surface area (Å²) in [7, 11) is -1.50. The quantitative estimate of drug-likeness (QED) is 0.401. The van der Waals surface area contributed by atoms with Crippen LogP contribution < -0.4 is 10.6 Å². The van der Waals surface area contributed by atoms with Crippen LogP contribution in [0.4, 0.5) is 0 Å². The molecular formula is C14H26N4O3S. The summed E-state index contributed by atoms with van der Waals surface area (Å²) in [6, 6.07) is 3.70. The Morgan fingerprint density at radius 3 is 2.73 bits per heavy atom. The van der Waals surface area contributed by atoms with Gasteiger partial charge in [0.1, 0.15) is 12.3 Å². The van der Waals surface area contributed by atoms with Crippen LogP contribution in [0.1, 0.15) is 26.0 Å². The minimum absolute atomic E-state index is 0.129. The zero-order valence-electron chi connectivity index (χ0n) is 13.5. The van der Waals surface area contributed by atoms with Crippen LogP contribution in [0.5, 0.6) is 0 Å². The van der Waals surface area contributed by atoms with E-state index in [1.807, 2.05) is 19.1 Å². The van der Waals surface area contributed by atoms with Gasteiger partial charge in [-0.2, -0.15) is 0 Å². The van der Waals surface area contributed by atoms with Gasteiger partial charge < -0.3 is 15.1 Å². The van der Waals surface area contributed by atoms with E-state index in [2.05, 4.69) is 15.6 Å². The maximum atomic E-state index is 11.6. The van der Waals surface area contributed by atoms with E-state index in [4.69, 9.17) is 4.42 Å². The Morgan fingerprint density at radius 1 is 1.36 bits per heavy atom. The fourth-order valence-electron chi connectivity index (χ4n) is 1.77. The summed E-state index contributed by atoms with van der Waals surface area (Å²) in [4.78, 5) is 4.41. The Kier molecular flexibility index (Phi) is 7.97. The highest BCUT2D eigenvalue weighted by atomic mass is 32.2. The summed E-state index contributed by atoms with van der Waals surface area (Å²) in [5, 5.41) is 6.32. The van der Waals surface area contributed by atoms with Crippen molar-refractivity contribution in [2.75, 3.05) is 32.4 Å². The largest absolute Gasteiger partial charge is 0.467 e. The molecule has 0 fully saturated rings. The van der Waals surface area contributed by atoms with Crippen molar-refractivity contribution in [3.05, 3.63) is 24.2 Å². The molecule has 7 nitrogen and oxygen atoms in total. The van der Waals surface area contributed by atoms with Gasteiger partial charge in [0.15, 0.2) is 5.96 Å². The second kappa shape index (κ2) is 9.47. The summed E-state index contributed by atoms with van der Waals surface area (Å²) in [5.41, 5.74) is 0. The summed E-state index contributed by atoms with van der Waals surface area (Å²) >= 11 is 0. The molecule has 0 atom stereocenters. The summed E-state index contributed by atoms with van der Waals surface area (Å²) in [6.07, 6.45) is 2.33. The Morgan fingerprint density at radius 2 is 2.14 bits per heavy atom. The van der Waals surface area contributed by atoms with Gasteiger partial charge in [-0.1, -0.05) is 0 Å². The molecule has 0 spiro atoms. The van der Waals surface area contributed by atoms with E-state index in [9.17, 15) is 8.42 Å². The SMILES string of the molecule is CCNC(=NCc1ccco1)NCCCN(C)S(=O)(=O)CC. The van der Waals surface area contributed by atoms with Gasteiger partial charge in [-0.25, -0.2) is 17.7 Å². The number of aliphatic imine (C=N–C) groups is 1. The van der Waals surface area contributed by atoms with Crippen LogP contribution >= 0.6 is 0 Å². The zero-order valence-corrected chi connectivity index (χ0v) is 14.3. The molecule has 1 rings (SSSR count). The number of furan rings is 1. The number of rotatable bonds is 9. The molecule has 0 aromatic carbocycles. The minimum Gasteiger partial charge on any atom is -0.467 e. The van der Waals surface area contributed by atoms with Gasteiger partial charge in [-0.15, -0.1) is 0 Å². The first kappa shape index (κ1) is 18.5. The van der Waals surface area contributed by atoms with Crippen LogP contribution in [0.3, 0.4) is 0 Å². The molecule has 2 N–H and O–H groups in total. The van der Waals surface area contributed by atoms with Gasteiger partial charge in [0, 0.05) is 26.7 Å². The van der Waals surface area contributed by atoms with Crippen molar-refractivity contribution in [3.63, 3.8) is 0 Å². The van der Waals surface area contributed by atoms with E-state index in [1.54, 1.807) is 20.2 Å². The molecule has 0 saturated heterocycles. The predicted molar refractivity (Wildman–Crippen MR) is 88.2 cm³/mol. The number of guanidine groups is 1. The second-order valence-electron chi connectivity index (χ2n) is 4.78. The molecule has 0 radical (unpaired) electrons. The normalized spacial score (nSPS) is 12.6. The van der Waals surface area contributed by atoms with Gasteiger partial charge in [0.25, 0.3) is 0 Å². The molecule has 0 aliphatic heterocycles. The van der Waals surface area contributed by atoms with E-state index in [0.29, 0.717) is 32.0 Å². The van der Waals surface area contributed by atoms with Crippen LogP contribution in [0.2, 0.25) is 0 Å². The molecule has 1 heterocycles. The van der Waals surface area contributed by atoms with E-state index in [-0.39, 0.29) is 5.75 Å². The third-order valence-electron chi connectivity index (χ3n) is 3.10. The third-order valence-corrected chi connectivity index (χ3v) is 4.96. The van der Waals surface area contributed by atoms with Crippen molar-refractivity contribution in [1.29, 1.82) is 0 Å². The molecule has 8 heteroatoms. The van der Waals surface area contributed by atoms with Crippen molar-refractivity contribution in [1.82, 2.24) is 14.9 Å². The summed E-state index contributed by atoms with van der Waals surface area (Å²) in [6.45, 7) is 6.00. The van der Waals surface area contributed by atoms with Crippen molar-refractivity contribution < 1.29 is 12.8 Å². The maximum Gasteiger partial charge on any atom is 0.213 e. The maximum absolute atomic E-state index is 11.6. The lowest BCUT2D eigenvalue weighted by Gasteiger charge is -2.16. The fraction of sp³-hybridized carbons (Fsp3) is 0.643. The first-order valence-electron chi connectivity index (χ1n) is 7.48. The molecule has 22 heavy (non-hydrogen) atoms. The highest BCUT2D eigenvalue weighted by Gasteiger charge is 2.13. The first-order valence-corrected chi connectivity index (χ1v) is 9.09. The van der Waals surface area contributed by atoms with Crippen molar-refractivity contribution >= 4 is 16.0 Å². The molecule has 126 valence electrons.